The number of hydroxylamine groups is 2. The normalized spacial score (nSPS) is 17.0. The summed E-state index contributed by atoms with van der Waals surface area (Å²) in [5.74, 6) is -1.15. The molecule has 20 heteroatoms. The van der Waals surface area contributed by atoms with Crippen LogP contribution >= 0.6 is 11.3 Å². The van der Waals surface area contributed by atoms with Crippen LogP contribution in [0.15, 0.2) is 41.0 Å². The Morgan fingerprint density at radius 1 is 1.33 bits per heavy atom. The van der Waals surface area contributed by atoms with Crippen LogP contribution in [-0.4, -0.2) is 84.7 Å². The van der Waals surface area contributed by atoms with Gasteiger partial charge in [0.2, 0.25) is 11.9 Å². The zero-order valence-corrected chi connectivity index (χ0v) is 26.4. The molecule has 1 aromatic carbocycles. The number of thiazole rings is 1. The lowest BCUT2D eigenvalue weighted by atomic mass is 9.74. The number of ether oxygens (including phenoxy) is 1. The molecule has 0 saturated carbocycles. The second-order valence-corrected chi connectivity index (χ2v) is 12.5. The number of amides is 1. The van der Waals surface area contributed by atoms with Gasteiger partial charge in [0.15, 0.2) is 16.6 Å². The molecular weight excluding hydrogens is 644 g/mol. The number of nitrogens with two attached hydrogens (primary N) is 1. The van der Waals surface area contributed by atoms with Gasteiger partial charge in [-0.25, -0.2) is 9.97 Å². The van der Waals surface area contributed by atoms with Gasteiger partial charge in [0, 0.05) is 29.9 Å². The number of tetrazole rings is 1. The van der Waals surface area contributed by atoms with Crippen LogP contribution in [0.25, 0.3) is 10.8 Å². The summed E-state index contributed by atoms with van der Waals surface area (Å²) in [4.78, 5) is 40.5. The molecule has 0 aliphatic carbocycles. The lowest BCUT2D eigenvalue weighted by molar-refractivity contribution is -0.228. The SMILES string of the molecule is CCCNc1nccc2cc(OC[C@H](O/N=C(\C(=O)CC3C(=O)N(OS(=O)(=O)O)C3(C)C)c3csc(N)n3)c3nn[nH]n3)ccc12. The maximum Gasteiger partial charge on any atom is 0.418 e. The highest BCUT2D eigenvalue weighted by molar-refractivity contribution is 7.80. The maximum absolute atomic E-state index is 13.5. The van der Waals surface area contributed by atoms with Gasteiger partial charge in [-0.05, 0) is 49.9 Å². The fourth-order valence-corrected chi connectivity index (χ4v) is 5.66. The first-order valence-electron chi connectivity index (χ1n) is 13.9. The first-order valence-corrected chi connectivity index (χ1v) is 16.1. The van der Waals surface area contributed by atoms with Gasteiger partial charge < -0.3 is 20.6 Å². The predicted octanol–water partition coefficient (Wildman–Crippen LogP) is 2.08. The number of fused-ring (bicyclic) bond motifs is 1. The van der Waals surface area contributed by atoms with Crippen molar-refractivity contribution in [3.8, 4) is 5.75 Å². The number of benzene rings is 1. The van der Waals surface area contributed by atoms with E-state index < -0.39 is 46.1 Å². The molecule has 244 valence electrons. The molecule has 5 N–H and O–H groups in total. The number of aromatic nitrogens is 6. The molecule has 0 bridgehead atoms. The Kier molecular flexibility index (Phi) is 9.42. The van der Waals surface area contributed by atoms with Crippen LogP contribution in [0, 0.1) is 5.92 Å². The Morgan fingerprint density at radius 2 is 2.13 bits per heavy atom. The molecule has 18 nitrogen and oxygen atoms in total. The van der Waals surface area contributed by atoms with E-state index >= 15 is 0 Å². The van der Waals surface area contributed by atoms with Crippen molar-refractivity contribution in [2.75, 3.05) is 24.2 Å². The molecule has 1 fully saturated rings. The number of hydrogen-bond acceptors (Lipinski definition) is 16. The number of nitrogen functional groups attached to an aromatic ring is 1. The first kappa shape index (κ1) is 32.6. The summed E-state index contributed by atoms with van der Waals surface area (Å²) < 4.78 is 41.7. The number of oxime groups is 1. The van der Waals surface area contributed by atoms with Gasteiger partial charge in [-0.2, -0.15) is 18.7 Å². The smallest absolute Gasteiger partial charge is 0.418 e. The third kappa shape index (κ3) is 7.19. The summed E-state index contributed by atoms with van der Waals surface area (Å²) in [6, 6.07) is 7.35. The number of ketones is 1. The van der Waals surface area contributed by atoms with Crippen LogP contribution in [0.1, 0.15) is 51.2 Å². The Morgan fingerprint density at radius 3 is 2.78 bits per heavy atom. The fraction of sp³-hybridized carbons (Fsp3) is 0.385. The second-order valence-electron chi connectivity index (χ2n) is 10.6. The van der Waals surface area contributed by atoms with Gasteiger partial charge in [0.25, 0.3) is 5.91 Å². The van der Waals surface area contributed by atoms with Gasteiger partial charge in [-0.3, -0.25) is 14.1 Å². The molecule has 0 radical (unpaired) electrons. The molecule has 4 aromatic rings. The molecule has 2 atom stereocenters. The summed E-state index contributed by atoms with van der Waals surface area (Å²) in [5.41, 5.74) is 4.36. The summed E-state index contributed by atoms with van der Waals surface area (Å²) >= 11 is 1.06. The molecule has 5 rings (SSSR count). The second kappa shape index (κ2) is 13.3. The van der Waals surface area contributed by atoms with E-state index in [-0.39, 0.29) is 29.0 Å². The summed E-state index contributed by atoms with van der Waals surface area (Å²) in [6.07, 6.45) is 1.18. The van der Waals surface area contributed by atoms with Gasteiger partial charge in [0.05, 0.1) is 11.5 Å². The molecule has 1 aliphatic rings. The number of β-lactam (4-membered cyclic amide) rings is 1. The van der Waals surface area contributed by atoms with Gasteiger partial charge >= 0.3 is 10.4 Å². The number of carbonyl (C=O) groups excluding carboxylic acids is 2. The van der Waals surface area contributed by atoms with Crippen molar-refractivity contribution in [2.45, 2.75) is 45.3 Å². The van der Waals surface area contributed by atoms with E-state index in [1.807, 2.05) is 18.2 Å². The Balaban J connectivity index is 1.35. The van der Waals surface area contributed by atoms with E-state index in [4.69, 9.17) is 19.9 Å². The largest absolute Gasteiger partial charge is 0.489 e. The van der Waals surface area contributed by atoms with E-state index in [2.05, 4.69) is 52.3 Å². The van der Waals surface area contributed by atoms with Crippen LogP contribution in [0.5, 0.6) is 5.75 Å². The minimum absolute atomic E-state index is 0.0812. The van der Waals surface area contributed by atoms with Gasteiger partial charge in [0.1, 0.15) is 23.9 Å². The highest BCUT2D eigenvalue weighted by Crippen LogP contribution is 2.40. The van der Waals surface area contributed by atoms with E-state index in [0.29, 0.717) is 10.8 Å². The lowest BCUT2D eigenvalue weighted by Crippen LogP contribution is -2.68. The fourth-order valence-electron chi connectivity index (χ4n) is 4.66. The topological polar surface area (TPSA) is 250 Å². The highest BCUT2D eigenvalue weighted by Gasteiger charge is 2.57. The van der Waals surface area contributed by atoms with Crippen molar-refractivity contribution >= 4 is 60.9 Å². The number of carbonyl (C=O) groups is 2. The zero-order chi connectivity index (χ0) is 33.1. The number of nitrogens with one attached hydrogen (secondary N) is 2. The third-order valence-corrected chi connectivity index (χ3v) is 8.07. The van der Waals surface area contributed by atoms with Crippen LogP contribution < -0.4 is 15.8 Å². The number of anilines is 2. The van der Waals surface area contributed by atoms with Crippen molar-refractivity contribution in [2.24, 2.45) is 11.1 Å². The Labute approximate surface area is 266 Å². The summed E-state index contributed by atoms with van der Waals surface area (Å²) in [6.45, 7) is 5.65. The standard InChI is InChI=1S/C26H30N10O8S2/c1-4-8-28-22-16-6-5-15(10-14(16)7-9-29-22)42-12-20(23-31-34-35-32-23)43-33-21(18-13-45-25(27)30-18)19(37)11-17-24(38)36(26(17,2)3)44-46(39,40)41/h5-7,9-10,13,17,20H,4,8,11-12H2,1-3H3,(H2,27,30)(H,28,29)(H,39,40,41)(H,31,32,34,35)/b33-21-/t17?,20-/m0/s1. The van der Waals surface area contributed by atoms with E-state index in [1.165, 1.54) is 19.2 Å². The van der Waals surface area contributed by atoms with Crippen LogP contribution in [0.3, 0.4) is 0 Å². The highest BCUT2D eigenvalue weighted by atomic mass is 32.3. The summed E-state index contributed by atoms with van der Waals surface area (Å²) in [7, 11) is -4.96. The monoisotopic (exact) mass is 674 g/mol. The number of pyridine rings is 1. The molecule has 4 heterocycles. The molecule has 1 amide bonds. The Bertz CT molecular complexity index is 1860. The van der Waals surface area contributed by atoms with Gasteiger partial charge in [-0.1, -0.05) is 17.3 Å². The van der Waals surface area contributed by atoms with Crippen molar-refractivity contribution in [3.63, 3.8) is 0 Å². The first-order chi connectivity index (χ1) is 21.9. The van der Waals surface area contributed by atoms with Crippen molar-refractivity contribution in [3.05, 3.63) is 47.4 Å². The number of Topliss-reactive ketones (excluding diaryl/α,β-unsaturated/α-hetero) is 1. The van der Waals surface area contributed by atoms with Crippen molar-refractivity contribution in [1.82, 2.24) is 35.7 Å². The number of hydrogen-bond donors (Lipinski definition) is 4. The number of nitrogens with zero attached hydrogens (tertiary/aromatic N) is 7. The molecule has 3 aromatic heterocycles. The average molecular weight is 675 g/mol. The Hall–Kier alpha value is -4.79. The van der Waals surface area contributed by atoms with Crippen molar-refractivity contribution < 1.29 is 36.4 Å². The quantitative estimate of drug-likeness (QED) is 0.0610. The maximum atomic E-state index is 13.5. The van der Waals surface area contributed by atoms with E-state index in [9.17, 15) is 18.0 Å². The molecule has 1 saturated heterocycles. The number of aromatic amines is 1. The summed E-state index contributed by atoms with van der Waals surface area (Å²) in [5, 5.41) is 25.2. The minimum Gasteiger partial charge on any atom is -0.489 e. The number of rotatable bonds is 15. The van der Waals surface area contributed by atoms with Crippen LogP contribution in [0.2, 0.25) is 0 Å². The molecule has 1 unspecified atom stereocenters. The van der Waals surface area contributed by atoms with Crippen LogP contribution in [-0.2, 0) is 29.1 Å². The molecule has 0 spiro atoms. The minimum atomic E-state index is -4.96. The molecule has 46 heavy (non-hydrogen) atoms. The zero-order valence-electron chi connectivity index (χ0n) is 24.8. The van der Waals surface area contributed by atoms with Crippen LogP contribution in [0.4, 0.5) is 10.9 Å². The molecular formula is C26H30N10O8S2. The number of H-pyrrole nitrogens is 1. The van der Waals surface area contributed by atoms with E-state index in [1.54, 1.807) is 12.3 Å². The van der Waals surface area contributed by atoms with Gasteiger partial charge in [-0.15, -0.1) is 25.8 Å². The van der Waals surface area contributed by atoms with Crippen molar-refractivity contribution in [1.29, 1.82) is 0 Å². The molecule has 1 aliphatic heterocycles. The predicted molar refractivity (Wildman–Crippen MR) is 164 cm³/mol. The average Bonchev–Trinajstić information content (AvgIpc) is 3.71. The lowest BCUT2D eigenvalue weighted by Gasteiger charge is -2.50. The van der Waals surface area contributed by atoms with E-state index in [0.717, 1.165) is 40.9 Å². The third-order valence-electron chi connectivity index (χ3n) is 7.06.